The number of amides is 1. The fourth-order valence-electron chi connectivity index (χ4n) is 3.26. The Morgan fingerprint density at radius 2 is 2.10 bits per heavy atom. The molecule has 1 aromatic heterocycles. The molecule has 1 unspecified atom stereocenters. The minimum atomic E-state index is -0.595. The summed E-state index contributed by atoms with van der Waals surface area (Å²) in [6, 6.07) is 3.59. The van der Waals surface area contributed by atoms with Crippen LogP contribution in [0.4, 0.5) is 14.5 Å². The first-order valence-corrected chi connectivity index (χ1v) is 9.08. The van der Waals surface area contributed by atoms with Crippen molar-refractivity contribution in [2.24, 2.45) is 12.0 Å². The van der Waals surface area contributed by atoms with E-state index in [9.17, 15) is 13.6 Å². The van der Waals surface area contributed by atoms with Gasteiger partial charge in [0.2, 0.25) is 5.91 Å². The predicted molar refractivity (Wildman–Crippen MR) is 119 cm³/mol. The van der Waals surface area contributed by atoms with Gasteiger partial charge in [0, 0.05) is 51.9 Å². The third-order valence-electron chi connectivity index (χ3n) is 4.79. The van der Waals surface area contributed by atoms with E-state index in [-0.39, 0.29) is 42.3 Å². The van der Waals surface area contributed by atoms with Gasteiger partial charge in [-0.3, -0.25) is 14.5 Å². The number of carbonyl (C=O) groups excluding carboxylic acids is 1. The lowest BCUT2D eigenvalue weighted by Gasteiger charge is -2.35. The minimum absolute atomic E-state index is 0. The quantitative estimate of drug-likeness (QED) is 0.384. The van der Waals surface area contributed by atoms with Gasteiger partial charge >= 0.3 is 0 Å². The van der Waals surface area contributed by atoms with Crippen molar-refractivity contribution < 1.29 is 13.6 Å². The van der Waals surface area contributed by atoms with E-state index in [4.69, 9.17) is 0 Å². The van der Waals surface area contributed by atoms with Crippen molar-refractivity contribution >= 4 is 41.5 Å². The van der Waals surface area contributed by atoms with E-state index in [2.05, 4.69) is 15.4 Å². The number of piperazine rings is 1. The Balaban J connectivity index is 0.00000300. The van der Waals surface area contributed by atoms with Crippen molar-refractivity contribution in [1.29, 1.82) is 0 Å². The summed E-state index contributed by atoms with van der Waals surface area (Å²) in [5.74, 6) is -0.815. The van der Waals surface area contributed by atoms with Gasteiger partial charge in [-0.2, -0.15) is 5.10 Å². The molecule has 1 N–H and O–H groups in total. The number of nitrogens with zero attached hydrogens (tertiary/aromatic N) is 5. The summed E-state index contributed by atoms with van der Waals surface area (Å²) in [4.78, 5) is 20.4. The molecule has 7 nitrogen and oxygen atoms in total. The Morgan fingerprint density at radius 1 is 1.34 bits per heavy atom. The summed E-state index contributed by atoms with van der Waals surface area (Å²) < 4.78 is 28.7. The molecule has 1 fully saturated rings. The van der Waals surface area contributed by atoms with E-state index in [1.165, 1.54) is 12.1 Å². The summed E-state index contributed by atoms with van der Waals surface area (Å²) in [7, 11) is 3.45. The number of nitrogens with one attached hydrogen (secondary N) is 1. The van der Waals surface area contributed by atoms with Gasteiger partial charge in [-0.05, 0) is 11.6 Å². The fourth-order valence-corrected chi connectivity index (χ4v) is 3.26. The van der Waals surface area contributed by atoms with Crippen LogP contribution in [-0.4, -0.2) is 59.8 Å². The van der Waals surface area contributed by atoms with Gasteiger partial charge in [0.1, 0.15) is 18.2 Å². The molecule has 0 saturated carbocycles. The van der Waals surface area contributed by atoms with Gasteiger partial charge in [0.15, 0.2) is 5.96 Å². The molecule has 3 rings (SSSR count). The molecule has 1 amide bonds. The zero-order valence-corrected chi connectivity index (χ0v) is 18.9. The maximum atomic E-state index is 14.0. The highest BCUT2D eigenvalue weighted by Gasteiger charge is 2.27. The van der Waals surface area contributed by atoms with Gasteiger partial charge < -0.3 is 15.1 Å². The average molecular weight is 518 g/mol. The second kappa shape index (κ2) is 9.99. The molecule has 1 aliphatic heterocycles. The van der Waals surface area contributed by atoms with E-state index >= 15 is 0 Å². The number of aromatic nitrogens is 2. The molecule has 1 aromatic carbocycles. The van der Waals surface area contributed by atoms with Gasteiger partial charge in [-0.1, -0.05) is 13.0 Å². The number of hydrogen-bond donors (Lipinski definition) is 1. The van der Waals surface area contributed by atoms with Crippen LogP contribution in [0.5, 0.6) is 0 Å². The van der Waals surface area contributed by atoms with E-state index in [1.807, 2.05) is 11.8 Å². The van der Waals surface area contributed by atoms with Crippen LogP contribution >= 0.6 is 24.0 Å². The largest absolute Gasteiger partial charge is 0.356 e. The maximum absolute atomic E-state index is 14.0. The zero-order valence-electron chi connectivity index (χ0n) is 16.6. The highest BCUT2D eigenvalue weighted by Crippen LogP contribution is 2.20. The summed E-state index contributed by atoms with van der Waals surface area (Å²) in [5.41, 5.74) is 1.21. The van der Waals surface area contributed by atoms with Crippen molar-refractivity contribution in [3.63, 3.8) is 0 Å². The predicted octanol–water partition coefficient (Wildman–Crippen LogP) is 2.34. The molecule has 0 spiro atoms. The van der Waals surface area contributed by atoms with Crippen molar-refractivity contribution in [2.45, 2.75) is 12.8 Å². The first-order valence-electron chi connectivity index (χ1n) is 9.08. The van der Waals surface area contributed by atoms with E-state index < -0.39 is 11.6 Å². The first-order chi connectivity index (χ1) is 13.4. The Morgan fingerprint density at radius 3 is 2.69 bits per heavy atom. The molecule has 1 saturated heterocycles. The minimum Gasteiger partial charge on any atom is -0.356 e. The molecule has 1 atom stereocenters. The van der Waals surface area contributed by atoms with Crippen LogP contribution in [0, 0.1) is 11.6 Å². The molecular weight excluding hydrogens is 493 g/mol. The first kappa shape index (κ1) is 23.0. The van der Waals surface area contributed by atoms with E-state index in [0.29, 0.717) is 31.2 Å². The molecular formula is C19H25F2IN6O. The topological polar surface area (TPSA) is 65.8 Å². The van der Waals surface area contributed by atoms with Crippen LogP contribution < -0.4 is 10.2 Å². The lowest BCUT2D eigenvalue weighted by atomic mass is 10.0. The Labute approximate surface area is 185 Å². The number of rotatable bonds is 4. The van der Waals surface area contributed by atoms with E-state index in [0.717, 1.165) is 11.8 Å². The molecule has 1 aliphatic rings. The summed E-state index contributed by atoms with van der Waals surface area (Å²) in [5, 5.41) is 7.29. The molecule has 0 bridgehead atoms. The number of guanidine groups is 1. The molecule has 158 valence electrons. The van der Waals surface area contributed by atoms with Gasteiger partial charge in [-0.25, -0.2) is 8.78 Å². The molecule has 2 aromatic rings. The van der Waals surface area contributed by atoms with Gasteiger partial charge in [0.25, 0.3) is 0 Å². The summed E-state index contributed by atoms with van der Waals surface area (Å²) in [6.45, 7) is 3.58. The number of aliphatic imine (C=N–C) groups is 1. The Kier molecular flexibility index (Phi) is 7.94. The maximum Gasteiger partial charge on any atom is 0.246 e. The van der Waals surface area contributed by atoms with Crippen LogP contribution in [0.25, 0.3) is 0 Å². The third-order valence-corrected chi connectivity index (χ3v) is 4.79. The SMILES string of the molecule is CN=C(NCC(C)c1ccc(F)cc1F)N1CCN(c2cnn(C)c2)C(=O)C1.I. The van der Waals surface area contributed by atoms with Crippen molar-refractivity contribution in [1.82, 2.24) is 20.0 Å². The second-order valence-electron chi connectivity index (χ2n) is 6.83. The molecule has 10 heteroatoms. The highest BCUT2D eigenvalue weighted by atomic mass is 127. The summed E-state index contributed by atoms with van der Waals surface area (Å²) >= 11 is 0. The monoisotopic (exact) mass is 518 g/mol. The molecule has 29 heavy (non-hydrogen) atoms. The zero-order chi connectivity index (χ0) is 20.3. The Hall–Kier alpha value is -2.24. The van der Waals surface area contributed by atoms with Crippen LogP contribution in [-0.2, 0) is 11.8 Å². The standard InChI is InChI=1S/C19H24F2N6O.HI/c1-13(16-5-4-14(20)8-17(16)21)9-23-19(22-2)26-6-7-27(18(28)12-26)15-10-24-25(3)11-15;/h4-5,8,10-11,13H,6-7,9,12H2,1-3H3,(H,22,23);1H. The smallest absolute Gasteiger partial charge is 0.246 e. The average Bonchev–Trinajstić information content (AvgIpc) is 3.08. The van der Waals surface area contributed by atoms with Crippen LogP contribution in [0.15, 0.2) is 35.6 Å². The van der Waals surface area contributed by atoms with Crippen LogP contribution in [0.2, 0.25) is 0 Å². The van der Waals surface area contributed by atoms with E-state index in [1.54, 1.807) is 36.1 Å². The molecule has 0 radical (unpaired) electrons. The number of anilines is 1. The van der Waals surface area contributed by atoms with Gasteiger partial charge in [0.05, 0.1) is 11.9 Å². The number of hydrogen-bond acceptors (Lipinski definition) is 3. The normalized spacial score (nSPS) is 15.9. The number of carbonyl (C=O) groups is 1. The number of benzene rings is 1. The van der Waals surface area contributed by atoms with Crippen molar-refractivity contribution in [2.75, 3.05) is 38.1 Å². The van der Waals surface area contributed by atoms with Gasteiger partial charge in [-0.15, -0.1) is 24.0 Å². The number of aryl methyl sites for hydroxylation is 1. The van der Waals surface area contributed by atoms with Crippen molar-refractivity contribution in [3.05, 3.63) is 47.8 Å². The fraction of sp³-hybridized carbons (Fsp3) is 0.421. The number of halogens is 3. The summed E-state index contributed by atoms with van der Waals surface area (Å²) in [6.07, 6.45) is 3.47. The lowest BCUT2D eigenvalue weighted by molar-refractivity contribution is -0.120. The van der Waals surface area contributed by atoms with Crippen LogP contribution in [0.1, 0.15) is 18.4 Å². The Bertz CT molecular complexity index is 887. The highest BCUT2D eigenvalue weighted by molar-refractivity contribution is 14.0. The molecule has 2 heterocycles. The third kappa shape index (κ3) is 5.43. The lowest BCUT2D eigenvalue weighted by Crippen LogP contribution is -2.55. The second-order valence-corrected chi connectivity index (χ2v) is 6.83. The van der Waals surface area contributed by atoms with Crippen LogP contribution in [0.3, 0.4) is 0 Å². The molecule has 0 aliphatic carbocycles. The van der Waals surface area contributed by atoms with Crippen molar-refractivity contribution in [3.8, 4) is 0 Å².